The van der Waals surface area contributed by atoms with E-state index in [-0.39, 0.29) is 5.91 Å². The Morgan fingerprint density at radius 1 is 1.37 bits per heavy atom. The van der Waals surface area contributed by atoms with E-state index in [4.69, 9.17) is 4.74 Å². The highest BCUT2D eigenvalue weighted by molar-refractivity contribution is 7.98. The number of hydrogen-bond donors (Lipinski definition) is 2. The maximum Gasteiger partial charge on any atom is 0.266 e. The lowest BCUT2D eigenvalue weighted by atomic mass is 10.3. The summed E-state index contributed by atoms with van der Waals surface area (Å²) >= 11 is 1.66. The van der Waals surface area contributed by atoms with Gasteiger partial charge in [-0.2, -0.15) is 5.10 Å². The maximum atomic E-state index is 11.8. The normalized spacial score (nSPS) is 11.9. The Labute approximate surface area is 115 Å². The van der Waals surface area contributed by atoms with Crippen LogP contribution < -0.4 is 10.1 Å². The summed E-state index contributed by atoms with van der Waals surface area (Å²) in [5, 5.41) is 9.09. The summed E-state index contributed by atoms with van der Waals surface area (Å²) in [4.78, 5) is 13.0. The van der Waals surface area contributed by atoms with E-state index in [0.717, 1.165) is 4.90 Å². The number of ether oxygens (including phenoxy) is 1. The number of aromatic nitrogens is 2. The number of carbonyl (C=O) groups is 1. The fourth-order valence-corrected chi connectivity index (χ4v) is 1.88. The molecule has 0 aliphatic carbocycles. The van der Waals surface area contributed by atoms with Gasteiger partial charge in [-0.3, -0.25) is 9.89 Å². The van der Waals surface area contributed by atoms with Gasteiger partial charge in [-0.25, -0.2) is 0 Å². The first-order chi connectivity index (χ1) is 9.19. The van der Waals surface area contributed by atoms with Gasteiger partial charge in [0, 0.05) is 11.0 Å². The zero-order valence-electron chi connectivity index (χ0n) is 10.7. The van der Waals surface area contributed by atoms with Crippen molar-refractivity contribution in [3.8, 4) is 5.75 Å². The SMILES string of the molecule is CSc1ccc(O[C@@H](C)C(=O)Nc2ccn[nH]2)cc1. The number of carbonyl (C=O) groups excluding carboxylic acids is 1. The fraction of sp³-hybridized carbons (Fsp3) is 0.231. The molecule has 1 atom stereocenters. The van der Waals surface area contributed by atoms with E-state index in [9.17, 15) is 4.79 Å². The van der Waals surface area contributed by atoms with Crippen LogP contribution in [-0.2, 0) is 4.79 Å². The standard InChI is InChI=1S/C13H15N3O2S/c1-9(13(17)15-12-7-8-14-16-12)18-10-3-5-11(19-2)6-4-10/h3-9H,1-2H3,(H2,14,15,16,17)/t9-/m0/s1. The van der Waals surface area contributed by atoms with Gasteiger partial charge in [0.1, 0.15) is 11.6 Å². The van der Waals surface area contributed by atoms with Crippen LogP contribution in [0.1, 0.15) is 6.92 Å². The molecule has 0 aliphatic rings. The zero-order valence-corrected chi connectivity index (χ0v) is 11.5. The van der Waals surface area contributed by atoms with Crippen LogP contribution in [0, 0.1) is 0 Å². The number of nitrogens with one attached hydrogen (secondary N) is 2. The molecule has 100 valence electrons. The third-order valence-electron chi connectivity index (χ3n) is 2.50. The summed E-state index contributed by atoms with van der Waals surface area (Å²) in [6.07, 6.45) is 3.00. The molecule has 0 saturated heterocycles. The number of thioether (sulfide) groups is 1. The number of aromatic amines is 1. The van der Waals surface area contributed by atoms with Crippen molar-refractivity contribution >= 4 is 23.5 Å². The fourth-order valence-electron chi connectivity index (χ4n) is 1.47. The highest BCUT2D eigenvalue weighted by Crippen LogP contribution is 2.20. The van der Waals surface area contributed by atoms with Crippen LogP contribution in [0.3, 0.4) is 0 Å². The second kappa shape index (κ2) is 6.29. The Bertz CT molecular complexity index is 525. The molecule has 6 heteroatoms. The van der Waals surface area contributed by atoms with E-state index in [0.29, 0.717) is 11.6 Å². The van der Waals surface area contributed by atoms with Gasteiger partial charge in [-0.05, 0) is 37.4 Å². The number of hydrogen-bond acceptors (Lipinski definition) is 4. The predicted molar refractivity (Wildman–Crippen MR) is 75.5 cm³/mol. The summed E-state index contributed by atoms with van der Waals surface area (Å²) < 4.78 is 5.57. The Hall–Kier alpha value is -1.95. The molecule has 1 heterocycles. The van der Waals surface area contributed by atoms with Gasteiger partial charge in [0.15, 0.2) is 6.10 Å². The second-order valence-corrected chi connectivity index (χ2v) is 4.77. The van der Waals surface area contributed by atoms with Gasteiger partial charge in [0.25, 0.3) is 5.91 Å². The minimum atomic E-state index is -0.580. The molecule has 0 bridgehead atoms. The lowest BCUT2D eigenvalue weighted by Crippen LogP contribution is -2.30. The highest BCUT2D eigenvalue weighted by atomic mass is 32.2. The summed E-state index contributed by atoms with van der Waals surface area (Å²) in [5.41, 5.74) is 0. The topological polar surface area (TPSA) is 67.0 Å². The van der Waals surface area contributed by atoms with Crippen molar-refractivity contribution < 1.29 is 9.53 Å². The van der Waals surface area contributed by atoms with E-state index >= 15 is 0 Å². The first-order valence-corrected chi connectivity index (χ1v) is 7.02. The average Bonchev–Trinajstić information content (AvgIpc) is 2.92. The molecule has 0 radical (unpaired) electrons. The molecule has 0 spiro atoms. The summed E-state index contributed by atoms with van der Waals surface area (Å²) in [6.45, 7) is 1.70. The van der Waals surface area contributed by atoms with Gasteiger partial charge in [-0.1, -0.05) is 0 Å². The van der Waals surface area contributed by atoms with Crippen molar-refractivity contribution in [2.24, 2.45) is 0 Å². The molecule has 1 aromatic heterocycles. The van der Waals surface area contributed by atoms with Crippen LogP contribution in [-0.4, -0.2) is 28.5 Å². The van der Waals surface area contributed by atoms with Crippen molar-refractivity contribution in [1.29, 1.82) is 0 Å². The first-order valence-electron chi connectivity index (χ1n) is 5.80. The Morgan fingerprint density at radius 2 is 2.11 bits per heavy atom. The molecule has 0 saturated carbocycles. The van der Waals surface area contributed by atoms with Gasteiger partial charge in [0.05, 0.1) is 6.20 Å². The number of anilines is 1. The van der Waals surface area contributed by atoms with Crippen LogP contribution in [0.25, 0.3) is 0 Å². The molecular formula is C13H15N3O2S. The van der Waals surface area contributed by atoms with Crippen molar-refractivity contribution in [2.75, 3.05) is 11.6 Å². The van der Waals surface area contributed by atoms with Crippen molar-refractivity contribution in [3.63, 3.8) is 0 Å². The van der Waals surface area contributed by atoms with Crippen LogP contribution in [0.15, 0.2) is 41.4 Å². The van der Waals surface area contributed by atoms with Gasteiger partial charge >= 0.3 is 0 Å². The third kappa shape index (κ3) is 3.75. The quantitative estimate of drug-likeness (QED) is 0.824. The lowest BCUT2D eigenvalue weighted by molar-refractivity contribution is -0.122. The average molecular weight is 277 g/mol. The molecule has 2 aromatic rings. The Balaban J connectivity index is 1.92. The monoisotopic (exact) mass is 277 g/mol. The van der Waals surface area contributed by atoms with E-state index in [2.05, 4.69) is 15.5 Å². The van der Waals surface area contributed by atoms with Gasteiger partial charge in [-0.15, -0.1) is 11.8 Å². The molecule has 0 fully saturated rings. The lowest BCUT2D eigenvalue weighted by Gasteiger charge is -2.14. The minimum absolute atomic E-state index is 0.224. The molecule has 2 N–H and O–H groups in total. The van der Waals surface area contributed by atoms with Gasteiger partial charge < -0.3 is 10.1 Å². The van der Waals surface area contributed by atoms with Crippen molar-refractivity contribution in [3.05, 3.63) is 36.5 Å². The van der Waals surface area contributed by atoms with Crippen LogP contribution in [0.4, 0.5) is 5.82 Å². The summed E-state index contributed by atoms with van der Waals surface area (Å²) in [5.74, 6) is 1.00. The molecule has 1 aromatic carbocycles. The number of amides is 1. The molecule has 19 heavy (non-hydrogen) atoms. The van der Waals surface area contributed by atoms with E-state index in [1.165, 1.54) is 0 Å². The maximum absolute atomic E-state index is 11.8. The van der Waals surface area contributed by atoms with Crippen LogP contribution in [0.5, 0.6) is 5.75 Å². The summed E-state index contributed by atoms with van der Waals surface area (Å²) in [6, 6.07) is 9.30. The smallest absolute Gasteiger partial charge is 0.266 e. The second-order valence-electron chi connectivity index (χ2n) is 3.90. The predicted octanol–water partition coefficient (Wildman–Crippen LogP) is 2.54. The molecule has 5 nitrogen and oxygen atoms in total. The largest absolute Gasteiger partial charge is 0.481 e. The van der Waals surface area contributed by atoms with E-state index in [1.807, 2.05) is 30.5 Å². The molecular weight excluding hydrogens is 262 g/mol. The van der Waals surface area contributed by atoms with Crippen molar-refractivity contribution in [1.82, 2.24) is 10.2 Å². The zero-order chi connectivity index (χ0) is 13.7. The number of H-pyrrole nitrogens is 1. The first kappa shape index (κ1) is 13.5. The molecule has 0 unspecified atom stereocenters. The number of nitrogens with zero attached hydrogens (tertiary/aromatic N) is 1. The van der Waals surface area contributed by atoms with Crippen LogP contribution >= 0.6 is 11.8 Å². The Morgan fingerprint density at radius 3 is 2.68 bits per heavy atom. The number of benzene rings is 1. The molecule has 0 aliphatic heterocycles. The van der Waals surface area contributed by atoms with E-state index < -0.39 is 6.10 Å². The highest BCUT2D eigenvalue weighted by Gasteiger charge is 2.15. The molecule has 2 rings (SSSR count). The van der Waals surface area contributed by atoms with Gasteiger partial charge in [0.2, 0.25) is 0 Å². The third-order valence-corrected chi connectivity index (χ3v) is 3.24. The summed E-state index contributed by atoms with van der Waals surface area (Å²) in [7, 11) is 0. The molecule has 1 amide bonds. The van der Waals surface area contributed by atoms with Crippen LogP contribution in [0.2, 0.25) is 0 Å². The number of rotatable bonds is 5. The Kier molecular flexibility index (Phi) is 4.46. The van der Waals surface area contributed by atoms with E-state index in [1.54, 1.807) is 30.9 Å². The van der Waals surface area contributed by atoms with Crippen molar-refractivity contribution in [2.45, 2.75) is 17.9 Å². The minimum Gasteiger partial charge on any atom is -0.481 e.